The highest BCUT2D eigenvalue weighted by atomic mass is 16.6. The molecule has 5 nitrogen and oxygen atoms in total. The summed E-state index contributed by atoms with van der Waals surface area (Å²) >= 11 is 0. The largest absolute Gasteiger partial charge is 0.481 e. The van der Waals surface area contributed by atoms with Crippen LogP contribution in [0.15, 0.2) is 0 Å². The Bertz CT molecular complexity index is 1240. The van der Waals surface area contributed by atoms with Crippen molar-refractivity contribution in [3.05, 3.63) is 0 Å². The van der Waals surface area contributed by atoms with Gasteiger partial charge in [0.25, 0.3) is 0 Å². The molecule has 5 heteroatoms. The van der Waals surface area contributed by atoms with E-state index in [9.17, 15) is 9.90 Å². The highest BCUT2D eigenvalue weighted by Crippen LogP contribution is 2.44. The third-order valence-corrected chi connectivity index (χ3v) is 19.6. The topological polar surface area (TPSA) is 78.8 Å². The van der Waals surface area contributed by atoms with Gasteiger partial charge in [0.05, 0.1) is 12.5 Å². The van der Waals surface area contributed by atoms with Crippen LogP contribution in [0.3, 0.4) is 0 Å². The van der Waals surface area contributed by atoms with Gasteiger partial charge in [-0.15, -0.1) is 0 Å². The smallest absolute Gasteiger partial charge is 0.307 e. The summed E-state index contributed by atoms with van der Waals surface area (Å²) in [6, 6.07) is 0.371. The van der Waals surface area contributed by atoms with E-state index in [0.29, 0.717) is 18.6 Å². The fourth-order valence-corrected chi connectivity index (χ4v) is 14.3. The van der Waals surface area contributed by atoms with Crippen LogP contribution in [0.5, 0.6) is 0 Å². The van der Waals surface area contributed by atoms with E-state index in [1.807, 2.05) is 7.05 Å². The monoisotopic (exact) mass is 972 g/mol. The number of hydrogen-bond acceptors (Lipinski definition) is 4. The maximum atomic E-state index is 11.7. The number of carbonyl (C=O) groups is 1. The van der Waals surface area contributed by atoms with E-state index in [1.54, 1.807) is 6.42 Å². The van der Waals surface area contributed by atoms with Gasteiger partial charge in [0, 0.05) is 6.04 Å². The molecule has 4 rings (SSSR count). The predicted octanol–water partition coefficient (Wildman–Crippen LogP) is 18.7. The first kappa shape index (κ1) is 64.5. The minimum absolute atomic E-state index is 0.138. The number of likely N-dealkylation sites (N-methyl/N-ethyl adjacent to an activating group) is 1. The van der Waals surface area contributed by atoms with Crippen molar-refractivity contribution in [2.45, 2.75) is 282 Å². The summed E-state index contributed by atoms with van der Waals surface area (Å²) in [6.07, 6.45) is 40.5. The van der Waals surface area contributed by atoms with Crippen molar-refractivity contribution in [3.8, 4) is 0 Å². The molecule has 15 unspecified atom stereocenters. The fourth-order valence-electron chi connectivity index (χ4n) is 14.3. The summed E-state index contributed by atoms with van der Waals surface area (Å²) in [5.41, 5.74) is 0. The van der Waals surface area contributed by atoms with Crippen molar-refractivity contribution in [2.24, 2.45) is 101 Å². The first-order valence-electron chi connectivity index (χ1n) is 31.0. The number of aliphatic hydroxyl groups excluding tert-OH is 1. The molecule has 69 heavy (non-hydrogen) atoms. The third-order valence-electron chi connectivity index (χ3n) is 19.6. The van der Waals surface area contributed by atoms with Gasteiger partial charge in [-0.1, -0.05) is 199 Å². The van der Waals surface area contributed by atoms with E-state index in [1.165, 1.54) is 161 Å². The lowest BCUT2D eigenvalue weighted by atomic mass is 9.79. The summed E-state index contributed by atoms with van der Waals surface area (Å²) in [5.74, 6) is 12.9. The van der Waals surface area contributed by atoms with Gasteiger partial charge in [-0.3, -0.25) is 4.79 Å². The van der Waals surface area contributed by atoms with Crippen LogP contribution in [0.1, 0.15) is 276 Å². The second-order valence-electron chi connectivity index (χ2n) is 26.5. The maximum absolute atomic E-state index is 11.7. The van der Waals surface area contributed by atoms with Gasteiger partial charge in [-0.05, 0) is 179 Å². The van der Waals surface area contributed by atoms with Crippen LogP contribution >= 0.6 is 0 Å². The molecule has 4 saturated carbocycles. The van der Waals surface area contributed by atoms with Crippen molar-refractivity contribution in [3.63, 3.8) is 0 Å². The molecule has 0 aromatic rings. The van der Waals surface area contributed by atoms with Crippen LogP contribution in [0, 0.1) is 101 Å². The lowest BCUT2D eigenvalue weighted by Gasteiger charge is -2.26. The quantitative estimate of drug-likeness (QED) is 0.0451. The molecular formula is C64H125NO4. The van der Waals surface area contributed by atoms with Gasteiger partial charge in [0.15, 0.2) is 0 Å². The number of rotatable bonds is 33. The maximum Gasteiger partial charge on any atom is 0.307 e. The SMILES string of the molecule is CC1CCC(C(C)CCC(CCC2CCC(C(C(=O)O)C(C)C)C2)C(C)C)C1.CCCC(C)C1CCC(CCC(C)CCC(COCO)NC)C1.CCCCCCC(C)C1CCC(CCC(C)C)C1. The lowest BCUT2D eigenvalue weighted by molar-refractivity contribution is -0.145. The lowest BCUT2D eigenvalue weighted by Crippen LogP contribution is -2.31. The van der Waals surface area contributed by atoms with Gasteiger partial charge in [0.2, 0.25) is 0 Å². The molecule has 4 fully saturated rings. The second kappa shape index (κ2) is 37.1. The van der Waals surface area contributed by atoms with Crippen molar-refractivity contribution in [1.82, 2.24) is 5.32 Å². The molecule has 0 aliphatic heterocycles. The Morgan fingerprint density at radius 1 is 0.551 bits per heavy atom. The van der Waals surface area contributed by atoms with Crippen LogP contribution in [0.4, 0.5) is 0 Å². The molecule has 0 spiro atoms. The van der Waals surface area contributed by atoms with E-state index in [4.69, 9.17) is 9.84 Å². The standard InChI is InChI=1S/C26H48O2.C20H41NO2.C18H36/c1-17(2)22(12-8-20(6)23-11-7-19(5)15-23)13-9-21-10-14-24(16-21)25(18(3)4)26(27)28;1-5-6-17(3)19-11-10-18(13-19)9-7-16(2)8-12-20(21-4)14-23-15-22;1-5-6-7-8-9-16(4)18-13-12-17(14-18)11-10-15(2)3/h17-25H,7-16H2,1-6H3,(H,27,28);16-22H,5-15H2,1-4H3;15-18H,5-14H2,1-4H3. The molecule has 0 aromatic carbocycles. The normalized spacial score (nSPS) is 28.0. The Kier molecular flexibility index (Phi) is 34.7. The van der Waals surface area contributed by atoms with Gasteiger partial charge < -0.3 is 20.3 Å². The first-order chi connectivity index (χ1) is 32.9. The van der Waals surface area contributed by atoms with Gasteiger partial charge >= 0.3 is 5.97 Å². The molecule has 3 N–H and O–H groups in total. The van der Waals surface area contributed by atoms with Crippen LogP contribution in [0.2, 0.25) is 0 Å². The minimum atomic E-state index is -0.573. The number of aliphatic hydroxyl groups is 1. The Balaban J connectivity index is 0.000000364. The predicted molar refractivity (Wildman–Crippen MR) is 301 cm³/mol. The Hall–Kier alpha value is -0.650. The number of hydrogen-bond donors (Lipinski definition) is 3. The number of carboxylic acids is 1. The Morgan fingerprint density at radius 3 is 1.59 bits per heavy atom. The number of unbranched alkanes of at least 4 members (excludes halogenated alkanes) is 3. The zero-order valence-corrected chi connectivity index (χ0v) is 49.0. The highest BCUT2D eigenvalue weighted by molar-refractivity contribution is 5.70. The summed E-state index contributed by atoms with van der Waals surface area (Å²) in [7, 11) is 1.98. The number of nitrogens with one attached hydrogen (secondary N) is 1. The molecule has 410 valence electrons. The number of carboxylic acid groups (broad SMARTS) is 1. The minimum Gasteiger partial charge on any atom is -0.481 e. The first-order valence-corrected chi connectivity index (χ1v) is 31.0. The summed E-state index contributed by atoms with van der Waals surface area (Å²) in [6.45, 7) is 31.0. The molecule has 15 atom stereocenters. The Labute approximate surface area is 432 Å². The molecule has 0 saturated heterocycles. The van der Waals surface area contributed by atoms with E-state index in [-0.39, 0.29) is 18.6 Å². The second-order valence-corrected chi connectivity index (χ2v) is 26.5. The van der Waals surface area contributed by atoms with E-state index in [0.717, 1.165) is 102 Å². The molecule has 0 radical (unpaired) electrons. The van der Waals surface area contributed by atoms with Crippen LogP contribution in [-0.2, 0) is 9.53 Å². The van der Waals surface area contributed by atoms with Crippen molar-refractivity contribution >= 4 is 5.97 Å². The van der Waals surface area contributed by atoms with Crippen LogP contribution < -0.4 is 5.32 Å². The zero-order valence-electron chi connectivity index (χ0n) is 49.0. The molecular weight excluding hydrogens is 847 g/mol. The molecule has 0 aromatic heterocycles. The van der Waals surface area contributed by atoms with E-state index in [2.05, 4.69) is 95.3 Å². The number of ether oxygens (including phenoxy) is 1. The van der Waals surface area contributed by atoms with Gasteiger partial charge in [-0.2, -0.15) is 0 Å². The molecule has 0 amide bonds. The summed E-state index contributed by atoms with van der Waals surface area (Å²) in [4.78, 5) is 11.7. The van der Waals surface area contributed by atoms with E-state index < -0.39 is 5.97 Å². The number of aliphatic carboxylic acids is 1. The molecule has 4 aliphatic carbocycles. The van der Waals surface area contributed by atoms with Crippen molar-refractivity contribution in [1.29, 1.82) is 0 Å². The zero-order chi connectivity index (χ0) is 51.3. The van der Waals surface area contributed by atoms with Crippen molar-refractivity contribution in [2.75, 3.05) is 20.4 Å². The van der Waals surface area contributed by atoms with Crippen LogP contribution in [-0.4, -0.2) is 42.7 Å². The fraction of sp³-hybridized carbons (Fsp3) is 0.984. The van der Waals surface area contributed by atoms with Crippen LogP contribution in [0.25, 0.3) is 0 Å². The average Bonchev–Trinajstić information content (AvgIpc) is 4.16. The molecule has 0 heterocycles. The average molecular weight is 973 g/mol. The third kappa shape index (κ3) is 26.9. The summed E-state index contributed by atoms with van der Waals surface area (Å²) in [5, 5.41) is 21.6. The van der Waals surface area contributed by atoms with Crippen molar-refractivity contribution < 1.29 is 19.7 Å². The van der Waals surface area contributed by atoms with Gasteiger partial charge in [-0.25, -0.2) is 0 Å². The Morgan fingerprint density at radius 2 is 1.09 bits per heavy atom. The summed E-state index contributed by atoms with van der Waals surface area (Å²) < 4.78 is 5.11. The molecule has 4 aliphatic rings. The highest BCUT2D eigenvalue weighted by Gasteiger charge is 2.37. The van der Waals surface area contributed by atoms with Gasteiger partial charge in [0.1, 0.15) is 6.79 Å². The van der Waals surface area contributed by atoms with E-state index >= 15 is 0 Å². The molecule has 0 bridgehead atoms.